The van der Waals surface area contributed by atoms with Gasteiger partial charge >= 0.3 is 12.1 Å². The summed E-state index contributed by atoms with van der Waals surface area (Å²) in [6.07, 6.45) is -1.03. The Kier molecular flexibility index (Phi) is 6.34. The zero-order valence-electron chi connectivity index (χ0n) is 13.3. The minimum Gasteiger partial charge on any atom is -0.476 e. The zero-order valence-corrected chi connectivity index (χ0v) is 14.9. The molecular weight excluding hydrogens is 346 g/mol. The maximum absolute atomic E-state index is 11.7. The summed E-state index contributed by atoms with van der Waals surface area (Å²) in [6.45, 7) is 8.53. The molecule has 1 aromatic rings. The first-order valence-corrected chi connectivity index (χ1v) is 7.83. The predicted molar refractivity (Wildman–Crippen MR) is 87.4 cm³/mol. The minimum atomic E-state index is -1.35. The lowest BCUT2D eigenvalue weighted by molar-refractivity contribution is -0.129. The molecule has 10 heteroatoms. The van der Waals surface area contributed by atoms with E-state index in [1.807, 2.05) is 0 Å². The van der Waals surface area contributed by atoms with Crippen molar-refractivity contribution in [2.75, 3.05) is 5.32 Å². The van der Waals surface area contributed by atoms with Gasteiger partial charge in [0.25, 0.3) is 0 Å². The largest absolute Gasteiger partial charge is 0.476 e. The molecule has 128 valence electrons. The number of aromatic nitrogens is 1. The normalized spacial score (nSPS) is 12.2. The molecule has 0 atom stereocenters. The van der Waals surface area contributed by atoms with Crippen molar-refractivity contribution < 1.29 is 24.3 Å². The molecule has 8 nitrogen and oxygen atoms in total. The van der Waals surface area contributed by atoms with Crippen molar-refractivity contribution in [3.05, 3.63) is 10.0 Å². The fraction of sp³-hybridized carbons (Fsp3) is 0.538. The third-order valence-electron chi connectivity index (χ3n) is 1.98. The minimum absolute atomic E-state index is 0.0598. The highest BCUT2D eigenvalue weighted by atomic mass is 35.5. The van der Waals surface area contributed by atoms with Crippen molar-refractivity contribution in [3.8, 4) is 0 Å². The Balaban J connectivity index is 2.98. The molecular formula is C13H18ClN3O5S. The lowest BCUT2D eigenvalue weighted by Gasteiger charge is -2.18. The Morgan fingerprint density at radius 2 is 2.00 bits per heavy atom. The number of anilines is 1. The number of hydrogen-bond donors (Lipinski definition) is 2. The standard InChI is InChI=1S/C13H18ClN3O5S/c1-6(2)22-17-8(10(18)19)7-9(14)23-11(15-7)16-12(20)21-13(3,4)5/h6H,1-5H3,(H,18,19)(H,15,16,20)/b17-8-. The maximum Gasteiger partial charge on any atom is 0.413 e. The summed E-state index contributed by atoms with van der Waals surface area (Å²) in [5, 5.41) is 15.2. The summed E-state index contributed by atoms with van der Waals surface area (Å²) in [5.74, 6) is -1.35. The summed E-state index contributed by atoms with van der Waals surface area (Å²) in [4.78, 5) is 31.8. The number of nitrogens with zero attached hydrogens (tertiary/aromatic N) is 2. The van der Waals surface area contributed by atoms with E-state index in [4.69, 9.17) is 21.2 Å². The molecule has 1 amide bonds. The van der Waals surface area contributed by atoms with Crippen LogP contribution in [-0.4, -0.2) is 39.6 Å². The number of hydrogen-bond acceptors (Lipinski definition) is 7. The van der Waals surface area contributed by atoms with E-state index in [-0.39, 0.29) is 21.3 Å². The van der Waals surface area contributed by atoms with Gasteiger partial charge in [0.2, 0.25) is 5.71 Å². The molecule has 1 rings (SSSR count). The molecule has 0 aliphatic heterocycles. The van der Waals surface area contributed by atoms with Gasteiger partial charge in [0.15, 0.2) is 5.13 Å². The summed E-state index contributed by atoms with van der Waals surface area (Å²) in [5.41, 5.74) is -1.21. The molecule has 0 spiro atoms. The third kappa shape index (κ3) is 6.41. The molecule has 1 aromatic heterocycles. The van der Waals surface area contributed by atoms with Crippen LogP contribution in [0.25, 0.3) is 0 Å². The third-order valence-corrected chi connectivity index (χ3v) is 3.15. The molecule has 0 aliphatic rings. The molecule has 0 fully saturated rings. The molecule has 0 radical (unpaired) electrons. The predicted octanol–water partition coefficient (Wildman–Crippen LogP) is 3.36. The van der Waals surface area contributed by atoms with E-state index in [1.54, 1.807) is 34.6 Å². The number of carbonyl (C=O) groups is 2. The monoisotopic (exact) mass is 363 g/mol. The van der Waals surface area contributed by atoms with E-state index >= 15 is 0 Å². The van der Waals surface area contributed by atoms with Crippen molar-refractivity contribution in [2.24, 2.45) is 5.16 Å². The average molecular weight is 364 g/mol. The smallest absolute Gasteiger partial charge is 0.413 e. The lowest BCUT2D eigenvalue weighted by Crippen LogP contribution is -2.27. The van der Waals surface area contributed by atoms with Crippen LogP contribution in [0.1, 0.15) is 40.3 Å². The Bertz CT molecular complexity index is 622. The first kappa shape index (κ1) is 19.2. The quantitative estimate of drug-likeness (QED) is 0.613. The van der Waals surface area contributed by atoms with E-state index in [2.05, 4.69) is 15.5 Å². The van der Waals surface area contributed by atoms with Gasteiger partial charge in [-0.1, -0.05) is 28.1 Å². The second-order valence-corrected chi connectivity index (χ2v) is 7.27. The maximum atomic E-state index is 11.7. The van der Waals surface area contributed by atoms with Crippen molar-refractivity contribution in [1.82, 2.24) is 4.98 Å². The zero-order chi connectivity index (χ0) is 17.8. The van der Waals surface area contributed by atoms with Crippen LogP contribution in [-0.2, 0) is 14.4 Å². The van der Waals surface area contributed by atoms with Crippen LogP contribution in [0.15, 0.2) is 5.16 Å². The highest BCUT2D eigenvalue weighted by Gasteiger charge is 2.24. The molecule has 2 N–H and O–H groups in total. The molecule has 0 unspecified atom stereocenters. The van der Waals surface area contributed by atoms with Gasteiger partial charge in [-0.05, 0) is 34.6 Å². The topological polar surface area (TPSA) is 110 Å². The summed E-state index contributed by atoms with van der Waals surface area (Å²) in [6, 6.07) is 0. The Labute approximate surface area is 142 Å². The number of rotatable bonds is 5. The van der Waals surface area contributed by atoms with Gasteiger partial charge in [-0.25, -0.2) is 14.6 Å². The highest BCUT2D eigenvalue weighted by Crippen LogP contribution is 2.29. The average Bonchev–Trinajstić information content (AvgIpc) is 2.66. The van der Waals surface area contributed by atoms with Crippen molar-refractivity contribution >= 4 is 45.8 Å². The second kappa shape index (κ2) is 7.60. The van der Waals surface area contributed by atoms with E-state index in [0.717, 1.165) is 11.3 Å². The fourth-order valence-electron chi connectivity index (χ4n) is 1.23. The number of nitrogens with one attached hydrogen (secondary N) is 1. The number of ether oxygens (including phenoxy) is 1. The number of oxime groups is 1. The Morgan fingerprint density at radius 1 is 1.39 bits per heavy atom. The molecule has 0 saturated carbocycles. The second-order valence-electron chi connectivity index (χ2n) is 5.67. The van der Waals surface area contributed by atoms with E-state index in [1.165, 1.54) is 0 Å². The van der Waals surface area contributed by atoms with E-state index in [0.29, 0.717) is 0 Å². The van der Waals surface area contributed by atoms with Gasteiger partial charge in [-0.3, -0.25) is 5.32 Å². The van der Waals surface area contributed by atoms with Crippen LogP contribution in [0.4, 0.5) is 9.93 Å². The van der Waals surface area contributed by atoms with Crippen LogP contribution in [0, 0.1) is 0 Å². The van der Waals surface area contributed by atoms with Crippen LogP contribution in [0.2, 0.25) is 4.34 Å². The van der Waals surface area contributed by atoms with Crippen LogP contribution in [0.5, 0.6) is 0 Å². The number of amides is 1. The number of thiazole rings is 1. The molecule has 0 bridgehead atoms. The van der Waals surface area contributed by atoms with Crippen LogP contribution in [0.3, 0.4) is 0 Å². The lowest BCUT2D eigenvalue weighted by atomic mass is 10.2. The SMILES string of the molecule is CC(C)O/N=C(\C(=O)O)c1nc(NC(=O)OC(C)(C)C)sc1Cl. The van der Waals surface area contributed by atoms with Gasteiger partial charge in [0.1, 0.15) is 21.7 Å². The molecule has 1 heterocycles. The first-order valence-electron chi connectivity index (χ1n) is 6.63. The highest BCUT2D eigenvalue weighted by molar-refractivity contribution is 7.20. The Hall–Kier alpha value is -1.87. The molecule has 23 heavy (non-hydrogen) atoms. The number of halogens is 1. The van der Waals surface area contributed by atoms with Crippen LogP contribution < -0.4 is 5.32 Å². The van der Waals surface area contributed by atoms with Crippen molar-refractivity contribution in [3.63, 3.8) is 0 Å². The first-order chi connectivity index (χ1) is 10.5. The summed E-state index contributed by atoms with van der Waals surface area (Å²) in [7, 11) is 0. The molecule has 0 saturated heterocycles. The van der Waals surface area contributed by atoms with Gasteiger partial charge in [-0.2, -0.15) is 0 Å². The van der Waals surface area contributed by atoms with E-state index < -0.39 is 23.4 Å². The van der Waals surface area contributed by atoms with Crippen molar-refractivity contribution in [2.45, 2.75) is 46.3 Å². The van der Waals surface area contributed by atoms with Gasteiger partial charge in [0.05, 0.1) is 0 Å². The summed E-state index contributed by atoms with van der Waals surface area (Å²) < 4.78 is 5.14. The van der Waals surface area contributed by atoms with Crippen molar-refractivity contribution in [1.29, 1.82) is 0 Å². The molecule has 0 aromatic carbocycles. The van der Waals surface area contributed by atoms with E-state index in [9.17, 15) is 14.7 Å². The number of carboxylic acid groups (broad SMARTS) is 1. The molecule has 0 aliphatic carbocycles. The van der Waals surface area contributed by atoms with Gasteiger partial charge in [-0.15, -0.1) is 0 Å². The van der Waals surface area contributed by atoms with Gasteiger partial charge in [0, 0.05) is 0 Å². The number of carboxylic acids is 1. The number of carbonyl (C=O) groups excluding carboxylic acids is 1. The van der Waals surface area contributed by atoms with Gasteiger partial charge < -0.3 is 14.7 Å². The Morgan fingerprint density at radius 3 is 2.48 bits per heavy atom. The van der Waals surface area contributed by atoms with Crippen LogP contribution >= 0.6 is 22.9 Å². The summed E-state index contributed by atoms with van der Waals surface area (Å²) >= 11 is 6.87. The number of aliphatic carboxylic acids is 1. The fourth-order valence-corrected chi connectivity index (χ4v) is 2.26.